The van der Waals surface area contributed by atoms with Crippen molar-refractivity contribution < 1.29 is 0 Å². The highest BCUT2D eigenvalue weighted by atomic mass is 15.2. The first-order valence-corrected chi connectivity index (χ1v) is 8.18. The number of nitrogens with zero attached hydrogens (tertiary/aromatic N) is 3. The van der Waals surface area contributed by atoms with Crippen molar-refractivity contribution in [1.82, 2.24) is 15.3 Å². The van der Waals surface area contributed by atoms with Gasteiger partial charge in [-0.1, -0.05) is 27.7 Å². The summed E-state index contributed by atoms with van der Waals surface area (Å²) in [7, 11) is 1.98. The first-order chi connectivity index (χ1) is 9.93. The van der Waals surface area contributed by atoms with Gasteiger partial charge in [0, 0.05) is 25.6 Å². The molecular weight excluding hydrogens is 260 g/mol. The summed E-state index contributed by atoms with van der Waals surface area (Å²) in [4.78, 5) is 11.8. The third kappa shape index (κ3) is 4.16. The third-order valence-corrected chi connectivity index (χ3v) is 4.41. The van der Waals surface area contributed by atoms with Crippen LogP contribution in [-0.4, -0.2) is 30.1 Å². The lowest BCUT2D eigenvalue weighted by Crippen LogP contribution is -2.28. The van der Waals surface area contributed by atoms with Gasteiger partial charge >= 0.3 is 0 Å². The Bertz CT molecular complexity index is 468. The zero-order valence-electron chi connectivity index (χ0n) is 14.2. The maximum absolute atomic E-state index is 4.79. The standard InChI is InChI=1S/C17H30N4/c1-13(2)16-19-12-15(14(20-16)11-18-5)21-9-6-7-17(3,4)8-10-21/h12-13,18H,6-11H2,1-5H3. The number of aromatic nitrogens is 2. The number of nitrogens with one attached hydrogen (secondary N) is 1. The van der Waals surface area contributed by atoms with Crippen LogP contribution in [0.3, 0.4) is 0 Å². The molecule has 0 atom stereocenters. The van der Waals surface area contributed by atoms with Crippen LogP contribution in [0.5, 0.6) is 0 Å². The average Bonchev–Trinajstić information content (AvgIpc) is 2.60. The molecule has 0 aromatic carbocycles. The highest BCUT2D eigenvalue weighted by Gasteiger charge is 2.24. The van der Waals surface area contributed by atoms with Crippen LogP contribution in [0.25, 0.3) is 0 Å². The first-order valence-electron chi connectivity index (χ1n) is 8.18. The maximum Gasteiger partial charge on any atom is 0.131 e. The molecule has 2 rings (SSSR count). The van der Waals surface area contributed by atoms with Crippen LogP contribution in [0, 0.1) is 5.41 Å². The Morgan fingerprint density at radius 2 is 2.05 bits per heavy atom. The fraction of sp³-hybridized carbons (Fsp3) is 0.765. The van der Waals surface area contributed by atoms with Crippen molar-refractivity contribution in [3.05, 3.63) is 17.7 Å². The van der Waals surface area contributed by atoms with Crippen molar-refractivity contribution in [3.8, 4) is 0 Å². The van der Waals surface area contributed by atoms with Crippen molar-refractivity contribution in [3.63, 3.8) is 0 Å². The van der Waals surface area contributed by atoms with Gasteiger partial charge < -0.3 is 10.2 Å². The maximum atomic E-state index is 4.79. The van der Waals surface area contributed by atoms with Crippen molar-refractivity contribution in [2.75, 3.05) is 25.0 Å². The van der Waals surface area contributed by atoms with Crippen LogP contribution in [0.2, 0.25) is 0 Å². The molecule has 0 amide bonds. The molecule has 1 N–H and O–H groups in total. The summed E-state index contributed by atoms with van der Waals surface area (Å²) in [5.41, 5.74) is 2.80. The Morgan fingerprint density at radius 3 is 2.71 bits per heavy atom. The van der Waals surface area contributed by atoms with Crippen molar-refractivity contribution >= 4 is 5.69 Å². The van der Waals surface area contributed by atoms with Crippen LogP contribution >= 0.6 is 0 Å². The second kappa shape index (κ2) is 6.73. The molecule has 0 saturated carbocycles. The van der Waals surface area contributed by atoms with E-state index in [1.54, 1.807) is 0 Å². The van der Waals surface area contributed by atoms with Gasteiger partial charge in [-0.25, -0.2) is 9.97 Å². The SMILES string of the molecule is CNCc1nc(C(C)C)ncc1N1CCCC(C)(C)CC1. The zero-order chi connectivity index (χ0) is 15.5. The van der Waals surface area contributed by atoms with E-state index in [1.165, 1.54) is 24.9 Å². The van der Waals surface area contributed by atoms with Gasteiger partial charge in [-0.2, -0.15) is 0 Å². The van der Waals surface area contributed by atoms with Gasteiger partial charge in [0.2, 0.25) is 0 Å². The highest BCUT2D eigenvalue weighted by molar-refractivity contribution is 5.49. The molecule has 1 saturated heterocycles. The number of hydrogen-bond donors (Lipinski definition) is 1. The monoisotopic (exact) mass is 290 g/mol. The van der Waals surface area contributed by atoms with Gasteiger partial charge in [-0.3, -0.25) is 0 Å². The van der Waals surface area contributed by atoms with Crippen molar-refractivity contribution in [2.45, 2.75) is 59.4 Å². The molecule has 0 radical (unpaired) electrons. The van der Waals surface area contributed by atoms with Crippen LogP contribution in [0.1, 0.15) is 64.4 Å². The number of rotatable bonds is 4. The summed E-state index contributed by atoms with van der Waals surface area (Å²) in [6.45, 7) is 12.1. The summed E-state index contributed by atoms with van der Waals surface area (Å²) < 4.78 is 0. The molecule has 118 valence electrons. The molecule has 4 nitrogen and oxygen atoms in total. The number of anilines is 1. The van der Waals surface area contributed by atoms with E-state index < -0.39 is 0 Å². The molecule has 1 aliphatic heterocycles. The predicted octanol–water partition coefficient (Wildman–Crippen LogP) is 3.34. The molecule has 0 unspecified atom stereocenters. The second-order valence-electron chi connectivity index (χ2n) is 7.25. The van der Waals surface area contributed by atoms with Gasteiger partial charge in [0.25, 0.3) is 0 Å². The molecule has 0 spiro atoms. The quantitative estimate of drug-likeness (QED) is 0.923. The molecule has 1 aromatic heterocycles. The highest BCUT2D eigenvalue weighted by Crippen LogP contribution is 2.32. The van der Waals surface area contributed by atoms with E-state index in [-0.39, 0.29) is 0 Å². The lowest BCUT2D eigenvalue weighted by Gasteiger charge is -2.26. The fourth-order valence-corrected chi connectivity index (χ4v) is 2.93. The minimum Gasteiger partial charge on any atom is -0.369 e. The van der Waals surface area contributed by atoms with Crippen molar-refractivity contribution in [2.24, 2.45) is 5.41 Å². The predicted molar refractivity (Wildman–Crippen MR) is 88.7 cm³/mol. The molecule has 1 aliphatic rings. The van der Waals surface area contributed by atoms with Crippen LogP contribution in [0.15, 0.2) is 6.20 Å². The van der Waals surface area contributed by atoms with E-state index in [2.05, 4.69) is 42.9 Å². The molecule has 0 bridgehead atoms. The topological polar surface area (TPSA) is 41.1 Å². The van der Waals surface area contributed by atoms with E-state index in [9.17, 15) is 0 Å². The van der Waals surface area contributed by atoms with Gasteiger partial charge in [-0.15, -0.1) is 0 Å². The second-order valence-corrected chi connectivity index (χ2v) is 7.25. The Labute approximate surface area is 129 Å². The van der Waals surface area contributed by atoms with E-state index in [4.69, 9.17) is 4.98 Å². The minimum absolute atomic E-state index is 0.373. The smallest absolute Gasteiger partial charge is 0.131 e. The Morgan fingerprint density at radius 1 is 1.29 bits per heavy atom. The van der Waals surface area contributed by atoms with E-state index >= 15 is 0 Å². The normalized spacial score (nSPS) is 18.9. The zero-order valence-corrected chi connectivity index (χ0v) is 14.2. The molecule has 4 heteroatoms. The van der Waals surface area contributed by atoms with Gasteiger partial charge in [0.05, 0.1) is 17.6 Å². The molecular formula is C17H30N4. The lowest BCUT2D eigenvalue weighted by atomic mass is 9.85. The van der Waals surface area contributed by atoms with Crippen LogP contribution < -0.4 is 10.2 Å². The van der Waals surface area contributed by atoms with E-state index in [0.717, 1.165) is 31.2 Å². The van der Waals surface area contributed by atoms with E-state index in [0.29, 0.717) is 11.3 Å². The summed E-state index contributed by atoms with van der Waals surface area (Å²) in [6.07, 6.45) is 5.82. The Hall–Kier alpha value is -1.16. The lowest BCUT2D eigenvalue weighted by molar-refractivity contribution is 0.325. The molecule has 2 heterocycles. The molecule has 1 aromatic rings. The third-order valence-electron chi connectivity index (χ3n) is 4.41. The van der Waals surface area contributed by atoms with Crippen molar-refractivity contribution in [1.29, 1.82) is 0 Å². The van der Waals surface area contributed by atoms with Crippen LogP contribution in [-0.2, 0) is 6.54 Å². The van der Waals surface area contributed by atoms with E-state index in [1.807, 2.05) is 13.2 Å². The van der Waals surface area contributed by atoms with Gasteiger partial charge in [0.15, 0.2) is 0 Å². The molecule has 1 fully saturated rings. The summed E-state index contributed by atoms with van der Waals surface area (Å²) >= 11 is 0. The first kappa shape index (κ1) is 16.2. The molecule has 21 heavy (non-hydrogen) atoms. The summed E-state index contributed by atoms with van der Waals surface area (Å²) in [6, 6.07) is 0. The minimum atomic E-state index is 0.373. The summed E-state index contributed by atoms with van der Waals surface area (Å²) in [5, 5.41) is 3.24. The largest absolute Gasteiger partial charge is 0.369 e. The average molecular weight is 290 g/mol. The van der Waals surface area contributed by atoms with Crippen LogP contribution in [0.4, 0.5) is 5.69 Å². The van der Waals surface area contributed by atoms with Gasteiger partial charge in [0.1, 0.15) is 5.82 Å². The molecule has 0 aliphatic carbocycles. The Kier molecular flexibility index (Phi) is 5.20. The summed E-state index contributed by atoms with van der Waals surface area (Å²) in [5.74, 6) is 1.32. The Balaban J connectivity index is 2.25. The fourth-order valence-electron chi connectivity index (χ4n) is 2.93. The number of hydrogen-bond acceptors (Lipinski definition) is 4. The van der Waals surface area contributed by atoms with Gasteiger partial charge in [-0.05, 0) is 31.7 Å².